The van der Waals surface area contributed by atoms with Crippen LogP contribution in [0.5, 0.6) is 0 Å². The normalized spacial score (nSPS) is 10.7. The van der Waals surface area contributed by atoms with Crippen LogP contribution in [0.2, 0.25) is 5.02 Å². The van der Waals surface area contributed by atoms with Crippen LogP contribution in [0.3, 0.4) is 0 Å². The van der Waals surface area contributed by atoms with Crippen molar-refractivity contribution in [2.24, 2.45) is 0 Å². The first kappa shape index (κ1) is 6.94. The summed E-state index contributed by atoms with van der Waals surface area (Å²) in [6, 6.07) is 2.80. The molecule has 0 aliphatic heterocycles. The van der Waals surface area contributed by atoms with E-state index in [1.165, 1.54) is 23.7 Å². The highest BCUT2D eigenvalue weighted by Gasteiger charge is 2.04. The minimum atomic E-state index is -0.452. The molecule has 0 atom stereocenters. The van der Waals surface area contributed by atoms with Crippen molar-refractivity contribution in [3.8, 4) is 0 Å². The fourth-order valence-corrected chi connectivity index (χ4v) is 1.59. The van der Waals surface area contributed by atoms with Gasteiger partial charge in [-0.05, 0) is 17.6 Å². The highest BCUT2D eigenvalue weighted by atomic mass is 35.5. The molecule has 0 aliphatic rings. The molecule has 0 N–H and O–H groups in total. The summed E-state index contributed by atoms with van der Waals surface area (Å²) in [5.41, 5.74) is 0.553. The largest absolute Gasteiger partial charge is 0.205 e. The van der Waals surface area contributed by atoms with Gasteiger partial charge in [-0.2, -0.15) is 0 Å². The average molecular weight is 189 g/mol. The van der Waals surface area contributed by atoms with Crippen LogP contribution in [0.1, 0.15) is 0 Å². The molecule has 5 heteroatoms. The molecule has 2 aromatic rings. The SMILES string of the molecule is Fc1cc2nnsc2cc1Cl. The van der Waals surface area contributed by atoms with Gasteiger partial charge in [0.1, 0.15) is 11.3 Å². The van der Waals surface area contributed by atoms with Crippen LogP contribution in [0.4, 0.5) is 4.39 Å². The van der Waals surface area contributed by atoms with Gasteiger partial charge in [-0.3, -0.25) is 0 Å². The first-order valence-corrected chi connectivity index (χ1v) is 3.99. The number of hydrogen-bond acceptors (Lipinski definition) is 3. The third-order valence-corrected chi connectivity index (χ3v) is 2.27. The number of aromatic nitrogens is 2. The first-order valence-electron chi connectivity index (χ1n) is 2.84. The lowest BCUT2D eigenvalue weighted by molar-refractivity contribution is 0.630. The van der Waals surface area contributed by atoms with Gasteiger partial charge in [0.25, 0.3) is 0 Å². The molecule has 0 saturated carbocycles. The second-order valence-electron chi connectivity index (χ2n) is 2.01. The van der Waals surface area contributed by atoms with E-state index in [-0.39, 0.29) is 5.02 Å². The Hall–Kier alpha value is -0.740. The van der Waals surface area contributed by atoms with Crippen molar-refractivity contribution in [2.75, 3.05) is 0 Å². The molecule has 11 heavy (non-hydrogen) atoms. The Balaban J connectivity index is 2.86. The van der Waals surface area contributed by atoms with Gasteiger partial charge in [0, 0.05) is 6.07 Å². The van der Waals surface area contributed by atoms with Crippen LogP contribution in [-0.2, 0) is 0 Å². The lowest BCUT2D eigenvalue weighted by Crippen LogP contribution is -1.75. The number of hydrogen-bond donors (Lipinski definition) is 0. The lowest BCUT2D eigenvalue weighted by Gasteiger charge is -1.90. The summed E-state index contributed by atoms with van der Waals surface area (Å²) >= 11 is 6.72. The van der Waals surface area contributed by atoms with E-state index in [0.717, 1.165) is 4.70 Å². The Labute approximate surface area is 70.8 Å². The molecule has 0 spiro atoms. The molecule has 1 aromatic heterocycles. The molecule has 0 unspecified atom stereocenters. The summed E-state index contributed by atoms with van der Waals surface area (Å²) in [5, 5.41) is 3.80. The van der Waals surface area contributed by atoms with E-state index in [2.05, 4.69) is 9.59 Å². The minimum Gasteiger partial charge on any atom is -0.205 e. The van der Waals surface area contributed by atoms with Crippen LogP contribution in [-0.4, -0.2) is 9.59 Å². The van der Waals surface area contributed by atoms with Crippen molar-refractivity contribution in [3.63, 3.8) is 0 Å². The molecule has 56 valence electrons. The molecule has 2 nitrogen and oxygen atoms in total. The Bertz CT molecular complexity index is 364. The maximum atomic E-state index is 12.7. The predicted octanol–water partition coefficient (Wildman–Crippen LogP) is 2.48. The quantitative estimate of drug-likeness (QED) is 0.635. The summed E-state index contributed by atoms with van der Waals surface area (Å²) in [7, 11) is 0. The molecule has 0 amide bonds. The standard InChI is InChI=1S/C6H2ClFN2S/c7-3-1-6-5(2-4(3)8)9-10-11-6/h1-2H. The fraction of sp³-hybridized carbons (Fsp3) is 0. The van der Waals surface area contributed by atoms with E-state index in [9.17, 15) is 4.39 Å². The predicted molar refractivity (Wildman–Crippen MR) is 42.4 cm³/mol. The highest BCUT2D eigenvalue weighted by molar-refractivity contribution is 7.12. The zero-order valence-electron chi connectivity index (χ0n) is 5.21. The third-order valence-electron chi connectivity index (χ3n) is 1.29. The van der Waals surface area contributed by atoms with Crippen molar-refractivity contribution in [2.45, 2.75) is 0 Å². The molecule has 2 rings (SSSR count). The van der Waals surface area contributed by atoms with Crippen LogP contribution in [0.15, 0.2) is 12.1 Å². The monoisotopic (exact) mass is 188 g/mol. The van der Waals surface area contributed by atoms with Gasteiger partial charge in [0.15, 0.2) is 0 Å². The zero-order valence-corrected chi connectivity index (χ0v) is 6.79. The van der Waals surface area contributed by atoms with Crippen molar-refractivity contribution < 1.29 is 4.39 Å². The fourth-order valence-electron chi connectivity index (χ4n) is 0.778. The van der Waals surface area contributed by atoms with Gasteiger partial charge < -0.3 is 0 Å². The van der Waals surface area contributed by atoms with E-state index < -0.39 is 5.82 Å². The maximum Gasteiger partial charge on any atom is 0.144 e. The molecule has 0 radical (unpaired) electrons. The highest BCUT2D eigenvalue weighted by Crippen LogP contribution is 2.23. The smallest absolute Gasteiger partial charge is 0.144 e. The van der Waals surface area contributed by atoms with Gasteiger partial charge in [0.05, 0.1) is 9.72 Å². The summed E-state index contributed by atoms with van der Waals surface area (Å²) in [4.78, 5) is 0. The van der Waals surface area contributed by atoms with Crippen molar-refractivity contribution in [3.05, 3.63) is 23.0 Å². The molecule has 0 aliphatic carbocycles. The topological polar surface area (TPSA) is 25.8 Å². The van der Waals surface area contributed by atoms with E-state index in [1.54, 1.807) is 0 Å². The van der Waals surface area contributed by atoms with E-state index in [4.69, 9.17) is 11.6 Å². The Kier molecular flexibility index (Phi) is 1.51. The van der Waals surface area contributed by atoms with Crippen LogP contribution >= 0.6 is 23.1 Å². The first-order chi connectivity index (χ1) is 5.27. The Morgan fingerprint density at radius 2 is 2.27 bits per heavy atom. The summed E-state index contributed by atoms with van der Waals surface area (Å²) in [5.74, 6) is -0.452. The van der Waals surface area contributed by atoms with Crippen molar-refractivity contribution in [1.82, 2.24) is 9.59 Å². The summed E-state index contributed by atoms with van der Waals surface area (Å²) < 4.78 is 17.2. The van der Waals surface area contributed by atoms with Gasteiger partial charge in [0.2, 0.25) is 0 Å². The van der Waals surface area contributed by atoms with E-state index in [1.807, 2.05) is 0 Å². The molecular formula is C6H2ClFN2S. The van der Waals surface area contributed by atoms with Crippen LogP contribution in [0, 0.1) is 5.82 Å². The van der Waals surface area contributed by atoms with Gasteiger partial charge in [-0.1, -0.05) is 16.1 Å². The Morgan fingerprint density at radius 1 is 1.45 bits per heavy atom. The molecule has 1 heterocycles. The maximum absolute atomic E-state index is 12.7. The molecule has 0 fully saturated rings. The molecule has 1 aromatic carbocycles. The number of fused-ring (bicyclic) bond motifs is 1. The minimum absolute atomic E-state index is 0.114. The van der Waals surface area contributed by atoms with Crippen LogP contribution < -0.4 is 0 Å². The second-order valence-corrected chi connectivity index (χ2v) is 3.20. The number of benzene rings is 1. The third kappa shape index (κ3) is 1.08. The molecular weight excluding hydrogens is 187 g/mol. The Morgan fingerprint density at radius 3 is 3.09 bits per heavy atom. The number of halogens is 2. The van der Waals surface area contributed by atoms with E-state index in [0.29, 0.717) is 5.52 Å². The lowest BCUT2D eigenvalue weighted by atomic mass is 10.3. The molecule has 0 saturated heterocycles. The summed E-state index contributed by atoms with van der Waals surface area (Å²) in [6.45, 7) is 0. The zero-order chi connectivity index (χ0) is 7.84. The summed E-state index contributed by atoms with van der Waals surface area (Å²) in [6.07, 6.45) is 0. The van der Waals surface area contributed by atoms with Crippen molar-refractivity contribution >= 4 is 33.4 Å². The number of nitrogens with zero attached hydrogens (tertiary/aromatic N) is 2. The second kappa shape index (κ2) is 2.39. The van der Waals surface area contributed by atoms with Gasteiger partial charge >= 0.3 is 0 Å². The molecule has 0 bridgehead atoms. The van der Waals surface area contributed by atoms with Crippen LogP contribution in [0.25, 0.3) is 10.2 Å². The van der Waals surface area contributed by atoms with Crippen molar-refractivity contribution in [1.29, 1.82) is 0 Å². The van der Waals surface area contributed by atoms with E-state index >= 15 is 0 Å². The number of rotatable bonds is 0. The van der Waals surface area contributed by atoms with Gasteiger partial charge in [-0.25, -0.2) is 4.39 Å². The average Bonchev–Trinajstić information content (AvgIpc) is 2.36. The van der Waals surface area contributed by atoms with Gasteiger partial charge in [-0.15, -0.1) is 5.10 Å².